The molecule has 2 heterocycles. The van der Waals surface area contributed by atoms with E-state index in [0.29, 0.717) is 37.6 Å². The maximum absolute atomic E-state index is 14.3. The third-order valence-electron chi connectivity index (χ3n) is 4.93. The molecule has 1 amide bonds. The molecule has 9 nitrogen and oxygen atoms in total. The molecule has 2 N–H and O–H groups in total. The molecule has 1 aromatic carbocycles. The third kappa shape index (κ3) is 4.91. The van der Waals surface area contributed by atoms with Crippen molar-refractivity contribution in [2.75, 3.05) is 36.6 Å². The van der Waals surface area contributed by atoms with Crippen LogP contribution in [-0.2, 0) is 9.84 Å². The Balaban J connectivity index is 1.72. The summed E-state index contributed by atoms with van der Waals surface area (Å²) in [5.41, 5.74) is 0.0967. The lowest BCUT2D eigenvalue weighted by atomic mass is 10.0. The first-order chi connectivity index (χ1) is 13.6. The number of rotatable bonds is 5. The Bertz CT molecular complexity index is 1010. The Hall–Kier alpha value is -2.95. The van der Waals surface area contributed by atoms with Crippen LogP contribution >= 0.6 is 0 Å². The van der Waals surface area contributed by atoms with Crippen LogP contribution in [0.2, 0.25) is 0 Å². The molecule has 0 bridgehead atoms. The van der Waals surface area contributed by atoms with Gasteiger partial charge in [-0.2, -0.15) is 0 Å². The number of nitrogens with one attached hydrogen (secondary N) is 1. The van der Waals surface area contributed by atoms with Gasteiger partial charge in [0.15, 0.2) is 9.84 Å². The fourth-order valence-corrected chi connectivity index (χ4v) is 3.84. The monoisotopic (exact) mass is 423 g/mol. The van der Waals surface area contributed by atoms with E-state index in [2.05, 4.69) is 15.3 Å². The highest BCUT2D eigenvalue weighted by Gasteiger charge is 2.25. The van der Waals surface area contributed by atoms with E-state index in [1.54, 1.807) is 6.07 Å². The fraction of sp³-hybridized carbons (Fsp3) is 0.389. The fourth-order valence-electron chi connectivity index (χ4n) is 3.21. The van der Waals surface area contributed by atoms with Gasteiger partial charge in [0.25, 0.3) is 0 Å². The molecular formula is C18H22FN5O4S. The van der Waals surface area contributed by atoms with Crippen LogP contribution in [-0.4, -0.2) is 66.9 Å². The van der Waals surface area contributed by atoms with Crippen molar-refractivity contribution in [2.45, 2.75) is 23.8 Å². The Labute approximate surface area is 168 Å². The van der Waals surface area contributed by atoms with Crippen molar-refractivity contribution in [3.05, 3.63) is 36.4 Å². The lowest BCUT2D eigenvalue weighted by Crippen LogP contribution is -2.45. The maximum Gasteiger partial charge on any atom is 0.407 e. The van der Waals surface area contributed by atoms with Crippen molar-refractivity contribution in [3.63, 3.8) is 0 Å². The van der Waals surface area contributed by atoms with Gasteiger partial charge in [-0.15, -0.1) is 0 Å². The number of piperidine rings is 1. The van der Waals surface area contributed by atoms with Crippen LogP contribution in [0.3, 0.4) is 0 Å². The topological polar surface area (TPSA) is 116 Å². The maximum atomic E-state index is 14.3. The van der Waals surface area contributed by atoms with E-state index < -0.39 is 21.7 Å². The number of aromatic nitrogens is 2. The van der Waals surface area contributed by atoms with Crippen molar-refractivity contribution < 1.29 is 22.7 Å². The number of likely N-dealkylation sites (tertiary alicyclic amines) is 1. The molecule has 1 aromatic heterocycles. The highest BCUT2D eigenvalue weighted by molar-refractivity contribution is 7.90. The molecule has 0 radical (unpaired) electrons. The number of nitrogens with zero attached hydrogens (tertiary/aromatic N) is 4. The van der Waals surface area contributed by atoms with Crippen LogP contribution in [0.1, 0.15) is 12.8 Å². The molecular weight excluding hydrogens is 401 g/mol. The van der Waals surface area contributed by atoms with Crippen LogP contribution in [0, 0.1) is 5.82 Å². The summed E-state index contributed by atoms with van der Waals surface area (Å²) in [4.78, 5) is 22.6. The summed E-state index contributed by atoms with van der Waals surface area (Å²) in [6, 6.07) is 5.42. The second-order valence-corrected chi connectivity index (χ2v) is 8.93. The first kappa shape index (κ1) is 20.8. The minimum Gasteiger partial charge on any atom is -0.465 e. The highest BCUT2D eigenvalue weighted by atomic mass is 32.2. The van der Waals surface area contributed by atoms with Gasteiger partial charge < -0.3 is 20.2 Å². The molecule has 156 valence electrons. The molecule has 1 aliphatic rings. The van der Waals surface area contributed by atoms with E-state index in [-0.39, 0.29) is 16.6 Å². The quantitative estimate of drug-likeness (QED) is 0.753. The zero-order valence-electron chi connectivity index (χ0n) is 16.0. The van der Waals surface area contributed by atoms with E-state index in [1.807, 2.05) is 11.9 Å². The van der Waals surface area contributed by atoms with E-state index in [0.717, 1.165) is 12.3 Å². The van der Waals surface area contributed by atoms with Gasteiger partial charge in [0.2, 0.25) is 0 Å². The Kier molecular flexibility index (Phi) is 5.87. The summed E-state index contributed by atoms with van der Waals surface area (Å²) >= 11 is 0. The molecule has 0 saturated carbocycles. The lowest BCUT2D eigenvalue weighted by molar-refractivity contribution is 0.132. The van der Waals surface area contributed by atoms with Gasteiger partial charge in [0.05, 0.1) is 10.6 Å². The molecule has 1 aliphatic heterocycles. The number of carbonyl (C=O) groups is 1. The lowest BCUT2D eigenvalue weighted by Gasteiger charge is -2.36. The Morgan fingerprint density at radius 3 is 2.55 bits per heavy atom. The Morgan fingerprint density at radius 1 is 1.28 bits per heavy atom. The summed E-state index contributed by atoms with van der Waals surface area (Å²) in [6.07, 6.45) is 2.81. The number of benzene rings is 1. The summed E-state index contributed by atoms with van der Waals surface area (Å²) in [5.74, 6) is 0.266. The summed E-state index contributed by atoms with van der Waals surface area (Å²) in [6.45, 7) is 0.914. The molecule has 29 heavy (non-hydrogen) atoms. The van der Waals surface area contributed by atoms with E-state index >= 15 is 0 Å². The number of carboxylic acid groups (broad SMARTS) is 1. The van der Waals surface area contributed by atoms with Gasteiger partial charge in [-0.1, -0.05) is 0 Å². The third-order valence-corrected chi connectivity index (χ3v) is 6.04. The van der Waals surface area contributed by atoms with Gasteiger partial charge in [-0.25, -0.2) is 27.6 Å². The first-order valence-corrected chi connectivity index (χ1v) is 10.8. The second kappa shape index (κ2) is 8.19. The minimum absolute atomic E-state index is 0.0967. The predicted molar refractivity (Wildman–Crippen MR) is 106 cm³/mol. The summed E-state index contributed by atoms with van der Waals surface area (Å²) < 4.78 is 37.4. The molecule has 0 aliphatic carbocycles. The molecule has 0 unspecified atom stereocenters. The highest BCUT2D eigenvalue weighted by Crippen LogP contribution is 2.25. The largest absolute Gasteiger partial charge is 0.465 e. The summed E-state index contributed by atoms with van der Waals surface area (Å²) in [7, 11) is -1.63. The molecule has 1 fully saturated rings. The van der Waals surface area contributed by atoms with E-state index in [9.17, 15) is 17.6 Å². The van der Waals surface area contributed by atoms with Gasteiger partial charge in [-0.3, -0.25) is 0 Å². The van der Waals surface area contributed by atoms with Gasteiger partial charge in [-0.05, 0) is 31.0 Å². The summed E-state index contributed by atoms with van der Waals surface area (Å²) in [5, 5.41) is 11.9. The number of halogens is 1. The number of amides is 1. The normalized spacial score (nSPS) is 15.2. The van der Waals surface area contributed by atoms with Gasteiger partial charge >= 0.3 is 6.09 Å². The van der Waals surface area contributed by atoms with Crippen molar-refractivity contribution in [2.24, 2.45) is 0 Å². The zero-order valence-corrected chi connectivity index (χ0v) is 16.9. The van der Waals surface area contributed by atoms with Crippen LogP contribution in [0.25, 0.3) is 0 Å². The van der Waals surface area contributed by atoms with Gasteiger partial charge in [0, 0.05) is 38.5 Å². The van der Waals surface area contributed by atoms with Crippen molar-refractivity contribution in [3.8, 4) is 0 Å². The zero-order chi connectivity index (χ0) is 21.2. The number of hydrogen-bond acceptors (Lipinski definition) is 7. The van der Waals surface area contributed by atoms with Gasteiger partial charge in [0.1, 0.15) is 23.8 Å². The molecule has 11 heteroatoms. The van der Waals surface area contributed by atoms with Crippen LogP contribution in [0.4, 0.5) is 26.5 Å². The van der Waals surface area contributed by atoms with E-state index in [1.165, 1.54) is 23.4 Å². The average Bonchev–Trinajstić information content (AvgIpc) is 2.68. The van der Waals surface area contributed by atoms with Crippen molar-refractivity contribution in [1.82, 2.24) is 14.9 Å². The van der Waals surface area contributed by atoms with Crippen LogP contribution in [0.5, 0.6) is 0 Å². The predicted octanol–water partition coefficient (Wildman–Crippen LogP) is 2.34. The number of anilines is 3. The smallest absolute Gasteiger partial charge is 0.407 e. The molecule has 3 rings (SSSR count). The SMILES string of the molecule is CN(c1cc(Nc2ccc(S(C)(=O)=O)cc2F)ncn1)C1CCN(C(=O)O)CC1. The number of sulfone groups is 1. The average molecular weight is 423 g/mol. The van der Waals surface area contributed by atoms with Crippen LogP contribution < -0.4 is 10.2 Å². The molecule has 2 aromatic rings. The minimum atomic E-state index is -3.49. The Morgan fingerprint density at radius 2 is 1.97 bits per heavy atom. The first-order valence-electron chi connectivity index (χ1n) is 8.94. The number of hydrogen-bond donors (Lipinski definition) is 2. The van der Waals surface area contributed by atoms with Crippen LogP contribution in [0.15, 0.2) is 35.5 Å². The van der Waals surface area contributed by atoms with Crippen molar-refractivity contribution in [1.29, 1.82) is 0 Å². The molecule has 0 spiro atoms. The molecule has 1 saturated heterocycles. The molecule has 0 atom stereocenters. The second-order valence-electron chi connectivity index (χ2n) is 6.91. The standard InChI is InChI=1S/C18H22FN5O4S/c1-23(12-5-7-24(8-6-12)18(25)26)17-10-16(20-11-21-17)22-15-4-3-13(9-14(15)19)29(2,27)28/h3-4,9-12H,5-8H2,1-2H3,(H,25,26)(H,20,21,22). The van der Waals surface area contributed by atoms with E-state index in [4.69, 9.17) is 5.11 Å². The van der Waals surface area contributed by atoms with Crippen molar-refractivity contribution >= 4 is 33.3 Å².